The van der Waals surface area contributed by atoms with Crippen molar-refractivity contribution in [2.75, 3.05) is 17.2 Å². The van der Waals surface area contributed by atoms with Gasteiger partial charge in [-0.05, 0) is 30.2 Å². The standard InChI is InChI=1S/C20H21FN4O2/c1-2-24(12-15-9-6-10-16(21)11-15)17-18(22)25(20(27)23-19(17)26)13-14-7-4-3-5-8-14/h3-11H,2,12-13,22H2,1H3,(H,23,26,27). The fourth-order valence-corrected chi connectivity index (χ4v) is 3.01. The molecule has 0 amide bonds. The molecule has 0 fully saturated rings. The number of rotatable bonds is 6. The Bertz CT molecular complexity index is 1040. The first-order valence-electron chi connectivity index (χ1n) is 8.65. The second-order valence-corrected chi connectivity index (χ2v) is 6.21. The molecule has 0 radical (unpaired) electrons. The topological polar surface area (TPSA) is 84.1 Å². The van der Waals surface area contributed by atoms with Crippen LogP contribution in [0.5, 0.6) is 0 Å². The second-order valence-electron chi connectivity index (χ2n) is 6.21. The summed E-state index contributed by atoms with van der Waals surface area (Å²) in [6, 6.07) is 15.5. The van der Waals surface area contributed by atoms with Gasteiger partial charge in [0, 0.05) is 13.1 Å². The Morgan fingerprint density at radius 3 is 2.44 bits per heavy atom. The van der Waals surface area contributed by atoms with Crippen LogP contribution in [0.1, 0.15) is 18.1 Å². The molecule has 6 nitrogen and oxygen atoms in total. The number of nitrogens with two attached hydrogens (primary N) is 1. The van der Waals surface area contributed by atoms with Gasteiger partial charge in [-0.25, -0.2) is 9.18 Å². The molecule has 2 aromatic carbocycles. The summed E-state index contributed by atoms with van der Waals surface area (Å²) in [5, 5.41) is 0. The number of halogens is 1. The van der Waals surface area contributed by atoms with E-state index in [-0.39, 0.29) is 23.9 Å². The Hall–Kier alpha value is -3.35. The molecule has 0 aliphatic rings. The Kier molecular flexibility index (Phi) is 5.40. The quantitative estimate of drug-likeness (QED) is 0.699. The summed E-state index contributed by atoms with van der Waals surface area (Å²) in [5.74, 6) is -0.259. The summed E-state index contributed by atoms with van der Waals surface area (Å²) < 4.78 is 14.8. The Balaban J connectivity index is 2.02. The molecule has 0 aliphatic heterocycles. The first-order chi connectivity index (χ1) is 13.0. The molecule has 0 aliphatic carbocycles. The molecule has 140 valence electrons. The third-order valence-electron chi connectivity index (χ3n) is 4.36. The maximum absolute atomic E-state index is 13.5. The van der Waals surface area contributed by atoms with Gasteiger partial charge in [0.2, 0.25) is 0 Å². The maximum Gasteiger partial charge on any atom is 0.330 e. The van der Waals surface area contributed by atoms with Crippen LogP contribution in [0.4, 0.5) is 15.9 Å². The van der Waals surface area contributed by atoms with E-state index in [4.69, 9.17) is 5.73 Å². The van der Waals surface area contributed by atoms with Crippen LogP contribution >= 0.6 is 0 Å². The average Bonchev–Trinajstić information content (AvgIpc) is 2.65. The van der Waals surface area contributed by atoms with E-state index >= 15 is 0 Å². The van der Waals surface area contributed by atoms with Crippen molar-refractivity contribution in [2.45, 2.75) is 20.0 Å². The van der Waals surface area contributed by atoms with E-state index in [9.17, 15) is 14.0 Å². The number of aromatic nitrogens is 2. The van der Waals surface area contributed by atoms with E-state index in [1.807, 2.05) is 37.3 Å². The number of H-pyrrole nitrogens is 1. The molecule has 0 atom stereocenters. The molecule has 0 unspecified atom stereocenters. The molecule has 7 heteroatoms. The van der Waals surface area contributed by atoms with Crippen LogP contribution in [0.2, 0.25) is 0 Å². The molecule has 0 spiro atoms. The number of hydrogen-bond acceptors (Lipinski definition) is 4. The lowest BCUT2D eigenvalue weighted by Crippen LogP contribution is -2.38. The molecule has 1 aromatic heterocycles. The van der Waals surface area contributed by atoms with E-state index < -0.39 is 11.2 Å². The van der Waals surface area contributed by atoms with Crippen molar-refractivity contribution in [2.24, 2.45) is 0 Å². The Labute approximate surface area is 155 Å². The fraction of sp³-hybridized carbons (Fsp3) is 0.200. The van der Waals surface area contributed by atoms with Crippen molar-refractivity contribution >= 4 is 11.5 Å². The molecule has 3 aromatic rings. The van der Waals surface area contributed by atoms with Crippen molar-refractivity contribution < 1.29 is 4.39 Å². The van der Waals surface area contributed by atoms with Crippen molar-refractivity contribution in [1.29, 1.82) is 0 Å². The molecular formula is C20H21FN4O2. The lowest BCUT2D eigenvalue weighted by Gasteiger charge is -2.25. The molecule has 0 bridgehead atoms. The van der Waals surface area contributed by atoms with E-state index in [0.29, 0.717) is 18.7 Å². The van der Waals surface area contributed by atoms with E-state index in [1.165, 1.54) is 16.7 Å². The van der Waals surface area contributed by atoms with Gasteiger partial charge in [0.25, 0.3) is 5.56 Å². The number of hydrogen-bond donors (Lipinski definition) is 2. The predicted octanol–water partition coefficient (Wildman–Crippen LogP) is 2.33. The minimum Gasteiger partial charge on any atom is -0.383 e. The predicted molar refractivity (Wildman–Crippen MR) is 104 cm³/mol. The van der Waals surface area contributed by atoms with Gasteiger partial charge < -0.3 is 10.6 Å². The maximum atomic E-state index is 13.5. The van der Waals surface area contributed by atoms with Gasteiger partial charge in [-0.2, -0.15) is 0 Å². The Morgan fingerprint density at radius 2 is 1.78 bits per heavy atom. The van der Waals surface area contributed by atoms with Crippen LogP contribution in [-0.4, -0.2) is 16.1 Å². The number of benzene rings is 2. The first kappa shape index (κ1) is 18.4. The third-order valence-corrected chi connectivity index (χ3v) is 4.36. The second kappa shape index (κ2) is 7.90. The summed E-state index contributed by atoms with van der Waals surface area (Å²) in [5.41, 5.74) is 6.90. The number of nitrogens with one attached hydrogen (secondary N) is 1. The highest BCUT2D eigenvalue weighted by atomic mass is 19.1. The van der Waals surface area contributed by atoms with Crippen LogP contribution in [0.15, 0.2) is 64.2 Å². The average molecular weight is 368 g/mol. The molecule has 1 heterocycles. The number of nitrogens with zero attached hydrogens (tertiary/aromatic N) is 2. The lowest BCUT2D eigenvalue weighted by atomic mass is 10.2. The molecule has 0 saturated heterocycles. The zero-order valence-corrected chi connectivity index (χ0v) is 15.0. The first-order valence-corrected chi connectivity index (χ1v) is 8.65. The van der Waals surface area contributed by atoms with Crippen LogP contribution in [0.25, 0.3) is 0 Å². The summed E-state index contributed by atoms with van der Waals surface area (Å²) in [6.45, 7) is 2.87. The highest BCUT2D eigenvalue weighted by molar-refractivity contribution is 5.62. The van der Waals surface area contributed by atoms with Crippen LogP contribution in [-0.2, 0) is 13.1 Å². The monoisotopic (exact) mass is 368 g/mol. The van der Waals surface area contributed by atoms with Gasteiger partial charge in [-0.3, -0.25) is 14.3 Å². The summed E-state index contributed by atoms with van der Waals surface area (Å²) >= 11 is 0. The van der Waals surface area contributed by atoms with E-state index in [1.54, 1.807) is 17.0 Å². The van der Waals surface area contributed by atoms with Crippen LogP contribution in [0.3, 0.4) is 0 Å². The van der Waals surface area contributed by atoms with Gasteiger partial charge in [-0.15, -0.1) is 0 Å². The Morgan fingerprint density at radius 1 is 1.07 bits per heavy atom. The number of aromatic amines is 1. The van der Waals surface area contributed by atoms with Crippen LogP contribution in [0, 0.1) is 5.82 Å². The van der Waals surface area contributed by atoms with Crippen molar-refractivity contribution in [1.82, 2.24) is 9.55 Å². The smallest absolute Gasteiger partial charge is 0.330 e. The van der Waals surface area contributed by atoms with Gasteiger partial charge in [0.05, 0.1) is 6.54 Å². The molecule has 0 saturated carbocycles. The van der Waals surface area contributed by atoms with Crippen LogP contribution < -0.4 is 21.9 Å². The third kappa shape index (κ3) is 4.08. The molecule has 3 N–H and O–H groups in total. The van der Waals surface area contributed by atoms with E-state index in [2.05, 4.69) is 4.98 Å². The summed E-state index contributed by atoms with van der Waals surface area (Å²) in [7, 11) is 0. The van der Waals surface area contributed by atoms with Crippen molar-refractivity contribution in [3.63, 3.8) is 0 Å². The largest absolute Gasteiger partial charge is 0.383 e. The van der Waals surface area contributed by atoms with Gasteiger partial charge in [0.1, 0.15) is 17.3 Å². The van der Waals surface area contributed by atoms with Gasteiger partial charge in [0.15, 0.2) is 0 Å². The zero-order valence-electron chi connectivity index (χ0n) is 15.0. The molecule has 3 rings (SSSR count). The summed E-state index contributed by atoms with van der Waals surface area (Å²) in [4.78, 5) is 28.8. The highest BCUT2D eigenvalue weighted by Crippen LogP contribution is 2.20. The SMILES string of the molecule is CCN(Cc1cccc(F)c1)c1c(N)n(Cc2ccccc2)c(=O)[nH]c1=O. The van der Waals surface area contributed by atoms with Gasteiger partial charge in [-0.1, -0.05) is 42.5 Å². The fourth-order valence-electron chi connectivity index (χ4n) is 3.01. The lowest BCUT2D eigenvalue weighted by molar-refractivity contribution is 0.624. The minimum atomic E-state index is -0.563. The van der Waals surface area contributed by atoms with E-state index in [0.717, 1.165) is 5.56 Å². The summed E-state index contributed by atoms with van der Waals surface area (Å²) in [6.07, 6.45) is 0. The van der Waals surface area contributed by atoms with Crippen molar-refractivity contribution in [3.8, 4) is 0 Å². The highest BCUT2D eigenvalue weighted by Gasteiger charge is 2.18. The number of nitrogen functional groups attached to an aromatic ring is 1. The zero-order chi connectivity index (χ0) is 19.4. The van der Waals surface area contributed by atoms with Crippen molar-refractivity contribution in [3.05, 3.63) is 92.4 Å². The minimum absolute atomic E-state index is 0.0888. The normalized spacial score (nSPS) is 10.7. The molecule has 27 heavy (non-hydrogen) atoms. The number of anilines is 2. The van der Waals surface area contributed by atoms with Gasteiger partial charge >= 0.3 is 5.69 Å². The molecular weight excluding hydrogens is 347 g/mol.